The van der Waals surface area contributed by atoms with Crippen molar-refractivity contribution in [2.45, 2.75) is 45.3 Å². The number of benzene rings is 1. The lowest BCUT2D eigenvalue weighted by molar-refractivity contribution is 0.315. The maximum absolute atomic E-state index is 6.50. The topological polar surface area (TPSA) is 18.5 Å². The molecule has 1 aliphatic heterocycles. The van der Waals surface area contributed by atoms with Crippen LogP contribution in [0.5, 0.6) is 0 Å². The van der Waals surface area contributed by atoms with Gasteiger partial charge in [0.05, 0.1) is 10.7 Å². The van der Waals surface area contributed by atoms with Crippen molar-refractivity contribution in [1.82, 2.24) is 10.2 Å². The molecule has 0 aliphatic carbocycles. The summed E-state index contributed by atoms with van der Waals surface area (Å²) in [5.74, 6) is 0. The fourth-order valence-electron chi connectivity index (χ4n) is 2.67. The highest BCUT2D eigenvalue weighted by atomic mass is 35.5. The summed E-state index contributed by atoms with van der Waals surface area (Å²) >= 11 is 6.50. The van der Waals surface area contributed by atoms with Crippen molar-refractivity contribution in [2.24, 2.45) is 0 Å². The highest BCUT2D eigenvalue weighted by Gasteiger charge is 2.25. The van der Waals surface area contributed by atoms with E-state index in [1.165, 1.54) is 17.7 Å². The van der Waals surface area contributed by atoms with Crippen molar-refractivity contribution in [3.05, 3.63) is 28.8 Å². The molecule has 1 heterocycles. The molecule has 0 saturated carbocycles. The van der Waals surface area contributed by atoms with E-state index in [1.807, 2.05) is 0 Å². The quantitative estimate of drug-likeness (QED) is 0.920. The minimum atomic E-state index is 0.124. The van der Waals surface area contributed by atoms with Crippen LogP contribution in [0.15, 0.2) is 18.2 Å². The summed E-state index contributed by atoms with van der Waals surface area (Å²) in [6.45, 7) is 9.52. The maximum atomic E-state index is 6.50. The monoisotopic (exact) mass is 309 g/mol. The SMILES string of the molecule is CN(C)C1CCN(c2ccc(CNC(C)(C)C)cc2Cl)C1. The molecule has 1 saturated heterocycles. The van der Waals surface area contributed by atoms with Gasteiger partial charge in [-0.05, 0) is 59.0 Å². The molecule has 2 rings (SSSR count). The molecule has 118 valence electrons. The summed E-state index contributed by atoms with van der Waals surface area (Å²) in [4.78, 5) is 4.70. The molecule has 4 heteroatoms. The molecule has 1 atom stereocenters. The predicted octanol–water partition coefficient (Wildman–Crippen LogP) is 3.37. The number of halogens is 1. The maximum Gasteiger partial charge on any atom is 0.0642 e. The van der Waals surface area contributed by atoms with Gasteiger partial charge in [-0.2, -0.15) is 0 Å². The molecule has 0 spiro atoms. The van der Waals surface area contributed by atoms with Gasteiger partial charge < -0.3 is 15.1 Å². The van der Waals surface area contributed by atoms with Gasteiger partial charge in [0.25, 0.3) is 0 Å². The van der Waals surface area contributed by atoms with Crippen molar-refractivity contribution in [2.75, 3.05) is 32.1 Å². The van der Waals surface area contributed by atoms with Crippen LogP contribution in [0.25, 0.3) is 0 Å². The number of likely N-dealkylation sites (N-methyl/N-ethyl adjacent to an activating group) is 1. The number of nitrogens with zero attached hydrogens (tertiary/aromatic N) is 2. The van der Waals surface area contributed by atoms with E-state index in [4.69, 9.17) is 11.6 Å². The van der Waals surface area contributed by atoms with E-state index in [0.29, 0.717) is 6.04 Å². The molecule has 0 aromatic heterocycles. The molecule has 1 unspecified atom stereocenters. The van der Waals surface area contributed by atoms with Crippen LogP contribution in [0.1, 0.15) is 32.8 Å². The Bertz CT molecular complexity index is 479. The number of rotatable bonds is 4. The van der Waals surface area contributed by atoms with Crippen LogP contribution in [0.3, 0.4) is 0 Å². The molecule has 0 bridgehead atoms. The Labute approximate surface area is 134 Å². The summed E-state index contributed by atoms with van der Waals surface area (Å²) in [5, 5.41) is 4.36. The van der Waals surface area contributed by atoms with Gasteiger partial charge >= 0.3 is 0 Å². The first-order valence-electron chi connectivity index (χ1n) is 7.71. The zero-order valence-electron chi connectivity index (χ0n) is 13.9. The Kier molecular flexibility index (Phi) is 5.18. The Balaban J connectivity index is 2.03. The van der Waals surface area contributed by atoms with Gasteiger partial charge in [0.1, 0.15) is 0 Å². The van der Waals surface area contributed by atoms with Crippen LogP contribution >= 0.6 is 11.6 Å². The fourth-order valence-corrected chi connectivity index (χ4v) is 2.99. The van der Waals surface area contributed by atoms with Crippen molar-refractivity contribution >= 4 is 17.3 Å². The largest absolute Gasteiger partial charge is 0.369 e. The standard InChI is InChI=1S/C17H28ClN3/c1-17(2,3)19-11-13-6-7-16(15(18)10-13)21-9-8-14(12-21)20(4)5/h6-7,10,14,19H,8-9,11-12H2,1-5H3. The highest BCUT2D eigenvalue weighted by Crippen LogP contribution is 2.30. The summed E-state index contributed by atoms with van der Waals surface area (Å²) < 4.78 is 0. The summed E-state index contributed by atoms with van der Waals surface area (Å²) in [5.41, 5.74) is 2.53. The van der Waals surface area contributed by atoms with Crippen molar-refractivity contribution in [1.29, 1.82) is 0 Å². The molecule has 3 nitrogen and oxygen atoms in total. The number of nitrogens with one attached hydrogen (secondary N) is 1. The average molecular weight is 310 g/mol. The zero-order valence-corrected chi connectivity index (χ0v) is 14.7. The molecule has 21 heavy (non-hydrogen) atoms. The Morgan fingerprint density at radius 1 is 1.33 bits per heavy atom. The van der Waals surface area contributed by atoms with Gasteiger partial charge in [-0.3, -0.25) is 0 Å². The third-order valence-corrected chi connectivity index (χ3v) is 4.37. The summed E-state index contributed by atoms with van der Waals surface area (Å²) in [6, 6.07) is 7.07. The number of hydrogen-bond acceptors (Lipinski definition) is 3. The Hall–Kier alpha value is -0.770. The van der Waals surface area contributed by atoms with E-state index in [2.05, 4.69) is 68.2 Å². The smallest absolute Gasteiger partial charge is 0.0642 e. The number of hydrogen-bond donors (Lipinski definition) is 1. The number of anilines is 1. The summed E-state index contributed by atoms with van der Waals surface area (Å²) in [6.07, 6.45) is 1.21. The van der Waals surface area contributed by atoms with Crippen LogP contribution in [0.2, 0.25) is 5.02 Å². The highest BCUT2D eigenvalue weighted by molar-refractivity contribution is 6.33. The minimum Gasteiger partial charge on any atom is -0.369 e. The molecule has 1 N–H and O–H groups in total. The van der Waals surface area contributed by atoms with Gasteiger partial charge in [-0.1, -0.05) is 17.7 Å². The molecule has 0 radical (unpaired) electrons. The molecular formula is C17H28ClN3. The molecule has 0 amide bonds. The third-order valence-electron chi connectivity index (χ3n) is 4.07. The molecule has 1 aromatic carbocycles. The summed E-state index contributed by atoms with van der Waals surface area (Å²) in [7, 11) is 4.30. The van der Waals surface area contributed by atoms with Gasteiger partial charge in [0.2, 0.25) is 0 Å². The van der Waals surface area contributed by atoms with E-state index in [0.717, 1.165) is 24.7 Å². The van der Waals surface area contributed by atoms with Gasteiger partial charge in [0.15, 0.2) is 0 Å². The van der Waals surface area contributed by atoms with Crippen LogP contribution in [0, 0.1) is 0 Å². The fraction of sp³-hybridized carbons (Fsp3) is 0.647. The average Bonchev–Trinajstić information content (AvgIpc) is 2.85. The van der Waals surface area contributed by atoms with Crippen LogP contribution < -0.4 is 10.2 Å². The van der Waals surface area contributed by atoms with E-state index >= 15 is 0 Å². The van der Waals surface area contributed by atoms with Crippen molar-refractivity contribution in [3.8, 4) is 0 Å². The van der Waals surface area contributed by atoms with Crippen molar-refractivity contribution in [3.63, 3.8) is 0 Å². The first kappa shape index (κ1) is 16.6. The Morgan fingerprint density at radius 2 is 2.05 bits per heavy atom. The third kappa shape index (κ3) is 4.60. The Morgan fingerprint density at radius 3 is 2.57 bits per heavy atom. The van der Waals surface area contributed by atoms with E-state index in [9.17, 15) is 0 Å². The van der Waals surface area contributed by atoms with Gasteiger partial charge in [-0.25, -0.2) is 0 Å². The molecule has 1 aromatic rings. The van der Waals surface area contributed by atoms with Crippen LogP contribution in [0.4, 0.5) is 5.69 Å². The minimum absolute atomic E-state index is 0.124. The van der Waals surface area contributed by atoms with Crippen molar-refractivity contribution < 1.29 is 0 Å². The van der Waals surface area contributed by atoms with E-state index < -0.39 is 0 Å². The van der Waals surface area contributed by atoms with E-state index in [1.54, 1.807) is 0 Å². The molecular weight excluding hydrogens is 282 g/mol. The molecule has 1 fully saturated rings. The lowest BCUT2D eigenvalue weighted by Gasteiger charge is -2.24. The van der Waals surface area contributed by atoms with Gasteiger partial charge in [-0.15, -0.1) is 0 Å². The second-order valence-electron chi connectivity index (χ2n) is 7.24. The van der Waals surface area contributed by atoms with Crippen LogP contribution in [-0.4, -0.2) is 43.7 Å². The zero-order chi connectivity index (χ0) is 15.6. The second kappa shape index (κ2) is 6.55. The normalized spacial score (nSPS) is 19.6. The van der Waals surface area contributed by atoms with Crippen LogP contribution in [-0.2, 0) is 6.54 Å². The predicted molar refractivity (Wildman–Crippen MR) is 92.3 cm³/mol. The first-order valence-corrected chi connectivity index (χ1v) is 8.09. The lowest BCUT2D eigenvalue weighted by Crippen LogP contribution is -2.35. The van der Waals surface area contributed by atoms with E-state index in [-0.39, 0.29) is 5.54 Å². The lowest BCUT2D eigenvalue weighted by atomic mass is 10.1. The first-order chi connectivity index (χ1) is 9.76. The molecule has 1 aliphatic rings. The van der Waals surface area contributed by atoms with Gasteiger partial charge in [0, 0.05) is 31.2 Å². The second-order valence-corrected chi connectivity index (χ2v) is 7.65.